The molecule has 1 aliphatic rings. The monoisotopic (exact) mass is 483 g/mol. The average Bonchev–Trinajstić information content (AvgIpc) is 3.26. The maximum absolute atomic E-state index is 4.35. The van der Waals surface area contributed by atoms with Gasteiger partial charge in [-0.25, -0.2) is 0 Å². The molecular formula is C19H30IN7. The van der Waals surface area contributed by atoms with Gasteiger partial charge in [-0.15, -0.1) is 34.2 Å². The van der Waals surface area contributed by atoms with Crippen LogP contribution < -0.4 is 10.6 Å². The Morgan fingerprint density at radius 2 is 2.04 bits per heavy atom. The molecule has 2 N–H and O–H groups in total. The van der Waals surface area contributed by atoms with E-state index in [-0.39, 0.29) is 24.0 Å². The lowest BCUT2D eigenvalue weighted by Crippen LogP contribution is -2.44. The van der Waals surface area contributed by atoms with E-state index in [4.69, 9.17) is 0 Å². The molecule has 7 nitrogen and oxygen atoms in total. The molecule has 0 aliphatic carbocycles. The highest BCUT2D eigenvalue weighted by Crippen LogP contribution is 2.24. The molecule has 2 heterocycles. The fourth-order valence-electron chi connectivity index (χ4n) is 3.35. The van der Waals surface area contributed by atoms with Gasteiger partial charge < -0.3 is 15.2 Å². The van der Waals surface area contributed by atoms with Crippen LogP contribution in [0, 0.1) is 6.92 Å². The van der Waals surface area contributed by atoms with E-state index in [1.807, 2.05) is 18.5 Å². The zero-order valence-corrected chi connectivity index (χ0v) is 18.8. The zero-order valence-electron chi connectivity index (χ0n) is 16.5. The molecule has 1 saturated heterocycles. The molecule has 8 heteroatoms. The molecule has 1 aliphatic heterocycles. The Morgan fingerprint density at radius 1 is 1.30 bits per heavy atom. The minimum atomic E-state index is 0. The average molecular weight is 483 g/mol. The van der Waals surface area contributed by atoms with Crippen molar-refractivity contribution in [3.8, 4) is 0 Å². The van der Waals surface area contributed by atoms with Crippen LogP contribution in [0.25, 0.3) is 0 Å². The SMILES string of the molecule is CN=C(NCc1nnc(C)n1C)NC1CCN(C(C)c2ccccc2)C1.I. The molecule has 1 aromatic heterocycles. The lowest BCUT2D eigenvalue weighted by molar-refractivity contribution is 0.258. The van der Waals surface area contributed by atoms with Gasteiger partial charge in [-0.2, -0.15) is 0 Å². The van der Waals surface area contributed by atoms with E-state index in [1.165, 1.54) is 5.56 Å². The number of guanidine groups is 1. The second-order valence-electron chi connectivity index (χ2n) is 6.86. The van der Waals surface area contributed by atoms with Crippen LogP contribution >= 0.6 is 24.0 Å². The van der Waals surface area contributed by atoms with Crippen molar-refractivity contribution in [2.75, 3.05) is 20.1 Å². The lowest BCUT2D eigenvalue weighted by atomic mass is 10.1. The van der Waals surface area contributed by atoms with E-state index in [0.717, 1.165) is 37.1 Å². The van der Waals surface area contributed by atoms with Crippen LogP contribution in [-0.2, 0) is 13.6 Å². The number of nitrogens with one attached hydrogen (secondary N) is 2. The van der Waals surface area contributed by atoms with Crippen molar-refractivity contribution in [1.82, 2.24) is 30.3 Å². The van der Waals surface area contributed by atoms with Crippen LogP contribution in [0.15, 0.2) is 35.3 Å². The lowest BCUT2D eigenvalue weighted by Gasteiger charge is -2.25. The Morgan fingerprint density at radius 3 is 2.67 bits per heavy atom. The fraction of sp³-hybridized carbons (Fsp3) is 0.526. The molecule has 0 radical (unpaired) electrons. The minimum Gasteiger partial charge on any atom is -0.352 e. The highest BCUT2D eigenvalue weighted by Gasteiger charge is 2.27. The molecule has 0 amide bonds. The van der Waals surface area contributed by atoms with Gasteiger partial charge in [0.25, 0.3) is 0 Å². The molecule has 2 atom stereocenters. The summed E-state index contributed by atoms with van der Waals surface area (Å²) < 4.78 is 1.99. The van der Waals surface area contributed by atoms with Gasteiger partial charge in [0.2, 0.25) is 0 Å². The van der Waals surface area contributed by atoms with E-state index in [2.05, 4.69) is 68.0 Å². The Balaban J connectivity index is 0.00000261. The van der Waals surface area contributed by atoms with Crippen LogP contribution in [0.4, 0.5) is 0 Å². The molecule has 1 fully saturated rings. The molecule has 0 saturated carbocycles. The summed E-state index contributed by atoms with van der Waals surface area (Å²) in [4.78, 5) is 6.87. The molecule has 1 aromatic carbocycles. The second kappa shape index (κ2) is 10.0. The van der Waals surface area contributed by atoms with E-state index < -0.39 is 0 Å². The standard InChI is InChI=1S/C19H29N7.HI/c1-14(16-8-6-5-7-9-16)26-11-10-17(13-26)22-19(20-3)21-12-18-24-23-15(2)25(18)4;/h5-9,14,17H,10-13H2,1-4H3,(H2,20,21,22);1H. The van der Waals surface area contributed by atoms with Crippen LogP contribution in [0.1, 0.15) is 36.6 Å². The number of aryl methyl sites for hydroxylation is 1. The Labute approximate surface area is 178 Å². The predicted octanol–water partition coefficient (Wildman–Crippen LogP) is 2.24. The van der Waals surface area contributed by atoms with E-state index in [1.54, 1.807) is 7.05 Å². The number of halogens is 1. The summed E-state index contributed by atoms with van der Waals surface area (Å²) in [7, 11) is 3.78. The van der Waals surface area contributed by atoms with E-state index in [0.29, 0.717) is 18.6 Å². The molecule has 0 spiro atoms. The van der Waals surface area contributed by atoms with Gasteiger partial charge >= 0.3 is 0 Å². The maximum atomic E-state index is 4.35. The topological polar surface area (TPSA) is 70.4 Å². The molecule has 0 bridgehead atoms. The van der Waals surface area contributed by atoms with Gasteiger partial charge in [-0.05, 0) is 25.8 Å². The van der Waals surface area contributed by atoms with Crippen LogP contribution in [0.3, 0.4) is 0 Å². The summed E-state index contributed by atoms with van der Waals surface area (Å²) in [6.45, 7) is 6.94. The van der Waals surface area contributed by atoms with Crippen molar-refractivity contribution in [1.29, 1.82) is 0 Å². The van der Waals surface area contributed by atoms with E-state index in [9.17, 15) is 0 Å². The van der Waals surface area contributed by atoms with Gasteiger partial charge in [0, 0.05) is 39.3 Å². The zero-order chi connectivity index (χ0) is 18.5. The number of likely N-dealkylation sites (tertiary alicyclic amines) is 1. The summed E-state index contributed by atoms with van der Waals surface area (Å²) in [6.07, 6.45) is 1.11. The fourth-order valence-corrected chi connectivity index (χ4v) is 3.35. The van der Waals surface area contributed by atoms with Gasteiger partial charge in [0.15, 0.2) is 11.8 Å². The minimum absolute atomic E-state index is 0. The molecular weight excluding hydrogens is 453 g/mol. The first kappa shape index (κ1) is 21.6. The third kappa shape index (κ3) is 5.41. The normalized spacial score (nSPS) is 18.8. The molecule has 2 aromatic rings. The Hall–Kier alpha value is -1.68. The molecule has 27 heavy (non-hydrogen) atoms. The van der Waals surface area contributed by atoms with Gasteiger partial charge in [-0.1, -0.05) is 30.3 Å². The number of nitrogens with zero attached hydrogens (tertiary/aromatic N) is 5. The van der Waals surface area contributed by atoms with Crippen LogP contribution in [0.5, 0.6) is 0 Å². The first-order valence-electron chi connectivity index (χ1n) is 9.19. The van der Waals surface area contributed by atoms with Crippen molar-refractivity contribution in [3.63, 3.8) is 0 Å². The summed E-state index contributed by atoms with van der Waals surface area (Å²) in [5, 5.41) is 15.1. The van der Waals surface area contributed by atoms with Crippen molar-refractivity contribution in [2.24, 2.45) is 12.0 Å². The van der Waals surface area contributed by atoms with Crippen molar-refractivity contribution in [2.45, 2.75) is 38.9 Å². The quantitative estimate of drug-likeness (QED) is 0.388. The first-order valence-corrected chi connectivity index (χ1v) is 9.19. The van der Waals surface area contributed by atoms with Gasteiger partial charge in [0.1, 0.15) is 5.82 Å². The summed E-state index contributed by atoms with van der Waals surface area (Å²) >= 11 is 0. The summed E-state index contributed by atoms with van der Waals surface area (Å²) in [6, 6.07) is 11.5. The number of hydrogen-bond donors (Lipinski definition) is 2. The van der Waals surface area contributed by atoms with Gasteiger partial charge in [0.05, 0.1) is 6.54 Å². The van der Waals surface area contributed by atoms with Crippen LogP contribution in [-0.4, -0.2) is 51.8 Å². The number of rotatable bonds is 5. The number of aromatic nitrogens is 3. The highest BCUT2D eigenvalue weighted by molar-refractivity contribution is 14.0. The predicted molar refractivity (Wildman–Crippen MR) is 119 cm³/mol. The van der Waals surface area contributed by atoms with Crippen molar-refractivity contribution < 1.29 is 0 Å². The Kier molecular flexibility index (Phi) is 8.03. The van der Waals surface area contributed by atoms with Crippen molar-refractivity contribution in [3.05, 3.63) is 47.5 Å². The maximum Gasteiger partial charge on any atom is 0.191 e. The summed E-state index contributed by atoms with van der Waals surface area (Å²) in [5.74, 6) is 2.62. The highest BCUT2D eigenvalue weighted by atomic mass is 127. The number of benzene rings is 1. The molecule has 148 valence electrons. The van der Waals surface area contributed by atoms with Crippen molar-refractivity contribution >= 4 is 29.9 Å². The third-order valence-electron chi connectivity index (χ3n) is 5.21. The largest absolute Gasteiger partial charge is 0.352 e. The first-order chi connectivity index (χ1) is 12.6. The van der Waals surface area contributed by atoms with E-state index >= 15 is 0 Å². The van der Waals surface area contributed by atoms with Gasteiger partial charge in [-0.3, -0.25) is 9.89 Å². The number of hydrogen-bond acceptors (Lipinski definition) is 4. The molecule has 3 rings (SSSR count). The molecule has 2 unspecified atom stereocenters. The summed E-state index contributed by atoms with van der Waals surface area (Å²) in [5.41, 5.74) is 1.37. The Bertz CT molecular complexity index is 744. The third-order valence-corrected chi connectivity index (χ3v) is 5.21. The number of aliphatic imine (C=N–C) groups is 1. The smallest absolute Gasteiger partial charge is 0.191 e. The second-order valence-corrected chi connectivity index (χ2v) is 6.86. The van der Waals surface area contributed by atoms with Crippen LogP contribution in [0.2, 0.25) is 0 Å².